The third-order valence-electron chi connectivity index (χ3n) is 3.95. The highest BCUT2D eigenvalue weighted by Gasteiger charge is 2.14. The van der Waals surface area contributed by atoms with E-state index < -0.39 is 0 Å². The van der Waals surface area contributed by atoms with E-state index in [9.17, 15) is 9.59 Å². The van der Waals surface area contributed by atoms with Crippen molar-refractivity contribution < 1.29 is 9.32 Å². The maximum Gasteiger partial charge on any atom is 0.262 e. The van der Waals surface area contributed by atoms with Gasteiger partial charge in [0.1, 0.15) is 5.76 Å². The van der Waals surface area contributed by atoms with E-state index >= 15 is 0 Å². The van der Waals surface area contributed by atoms with Crippen molar-refractivity contribution in [1.82, 2.24) is 14.7 Å². The maximum absolute atomic E-state index is 13.0. The van der Waals surface area contributed by atoms with Gasteiger partial charge in [0.15, 0.2) is 11.0 Å². The maximum atomic E-state index is 13.0. The Hall–Kier alpha value is -2.91. The minimum atomic E-state index is -0.247. The molecule has 3 heterocycles. The van der Waals surface area contributed by atoms with Gasteiger partial charge >= 0.3 is 0 Å². The Labute approximate surface area is 168 Å². The first-order valence-electron chi connectivity index (χ1n) is 8.48. The number of carbonyl (C=O) groups excluding carboxylic acids is 1. The minimum Gasteiger partial charge on any atom is -0.360 e. The second-order valence-electron chi connectivity index (χ2n) is 6.04. The van der Waals surface area contributed by atoms with Crippen molar-refractivity contribution in [2.45, 2.75) is 18.6 Å². The highest BCUT2D eigenvalue weighted by molar-refractivity contribution is 7.99. The molecule has 4 aromatic rings. The van der Waals surface area contributed by atoms with Gasteiger partial charge < -0.3 is 9.84 Å². The molecule has 4 rings (SSSR count). The number of nitrogens with zero attached hydrogens (tertiary/aromatic N) is 3. The van der Waals surface area contributed by atoms with Gasteiger partial charge in [-0.3, -0.25) is 14.2 Å². The second-order valence-corrected chi connectivity index (χ2v) is 8.02. The zero-order valence-electron chi connectivity index (χ0n) is 14.9. The molecule has 1 amide bonds. The average molecular weight is 412 g/mol. The van der Waals surface area contributed by atoms with Crippen molar-refractivity contribution in [3.05, 3.63) is 68.8 Å². The van der Waals surface area contributed by atoms with Crippen LogP contribution in [0, 0.1) is 6.92 Å². The summed E-state index contributed by atoms with van der Waals surface area (Å²) < 4.78 is 6.56. The van der Waals surface area contributed by atoms with Crippen molar-refractivity contribution in [1.29, 1.82) is 0 Å². The highest BCUT2D eigenvalue weighted by atomic mass is 32.2. The predicted octanol–water partition coefficient (Wildman–Crippen LogP) is 3.53. The largest absolute Gasteiger partial charge is 0.360 e. The number of carbonyl (C=O) groups is 1. The fraction of sp³-hybridized carbons (Fsp3) is 0.158. The highest BCUT2D eigenvalue weighted by Crippen LogP contribution is 2.20. The topological polar surface area (TPSA) is 90.0 Å². The minimum absolute atomic E-state index is 0.0983. The number of anilines is 1. The van der Waals surface area contributed by atoms with Gasteiger partial charge in [0.2, 0.25) is 5.91 Å². The Kier molecular flexibility index (Phi) is 5.27. The van der Waals surface area contributed by atoms with E-state index in [0.29, 0.717) is 34.2 Å². The molecular weight excluding hydrogens is 396 g/mol. The summed E-state index contributed by atoms with van der Waals surface area (Å²) >= 11 is 2.79. The molecule has 0 aliphatic heterocycles. The number of amides is 1. The summed E-state index contributed by atoms with van der Waals surface area (Å²) in [6, 6.07) is 12.8. The number of hydrogen-bond acceptors (Lipinski definition) is 7. The van der Waals surface area contributed by atoms with Crippen molar-refractivity contribution in [3.63, 3.8) is 0 Å². The number of para-hydroxylation sites is 1. The van der Waals surface area contributed by atoms with Crippen LogP contribution in [0.15, 0.2) is 62.3 Å². The van der Waals surface area contributed by atoms with Crippen molar-refractivity contribution >= 4 is 45.7 Å². The Morgan fingerprint density at radius 3 is 2.89 bits per heavy atom. The van der Waals surface area contributed by atoms with Crippen LogP contribution in [0.4, 0.5) is 5.82 Å². The van der Waals surface area contributed by atoms with Gasteiger partial charge in [-0.25, -0.2) is 4.98 Å². The molecule has 1 N–H and O–H groups in total. The van der Waals surface area contributed by atoms with Gasteiger partial charge in [0, 0.05) is 10.9 Å². The molecule has 0 aliphatic rings. The average Bonchev–Trinajstić information content (AvgIpc) is 3.34. The number of benzene rings is 1. The molecule has 3 aromatic heterocycles. The lowest BCUT2D eigenvalue weighted by atomic mass is 10.2. The van der Waals surface area contributed by atoms with E-state index in [1.54, 1.807) is 41.0 Å². The Balaban J connectivity index is 1.61. The fourth-order valence-electron chi connectivity index (χ4n) is 2.69. The Bertz CT molecular complexity index is 1180. The summed E-state index contributed by atoms with van der Waals surface area (Å²) in [5, 5.41) is 9.45. The van der Waals surface area contributed by atoms with E-state index in [1.165, 1.54) is 11.8 Å². The van der Waals surface area contributed by atoms with Crippen molar-refractivity contribution in [2.24, 2.45) is 0 Å². The van der Waals surface area contributed by atoms with E-state index in [2.05, 4.69) is 15.5 Å². The van der Waals surface area contributed by atoms with Crippen molar-refractivity contribution in [2.75, 3.05) is 11.1 Å². The van der Waals surface area contributed by atoms with Crippen LogP contribution in [0.25, 0.3) is 10.9 Å². The van der Waals surface area contributed by atoms with Gasteiger partial charge in [0.25, 0.3) is 5.56 Å². The van der Waals surface area contributed by atoms with Crippen LogP contribution in [-0.2, 0) is 11.3 Å². The van der Waals surface area contributed by atoms with Crippen LogP contribution in [0.2, 0.25) is 0 Å². The van der Waals surface area contributed by atoms with Crippen LogP contribution in [0.1, 0.15) is 10.6 Å². The lowest BCUT2D eigenvalue weighted by Gasteiger charge is -2.12. The smallest absolute Gasteiger partial charge is 0.262 e. The third-order valence-corrected chi connectivity index (χ3v) is 5.79. The van der Waals surface area contributed by atoms with Gasteiger partial charge in [-0.15, -0.1) is 11.3 Å². The molecule has 0 saturated carbocycles. The summed E-state index contributed by atoms with van der Waals surface area (Å²) in [5.41, 5.74) is 0.499. The lowest BCUT2D eigenvalue weighted by molar-refractivity contribution is -0.113. The molecule has 0 bridgehead atoms. The van der Waals surface area contributed by atoms with Gasteiger partial charge in [-0.2, -0.15) is 0 Å². The number of hydrogen-bond donors (Lipinski definition) is 1. The van der Waals surface area contributed by atoms with Gasteiger partial charge in [-0.05, 0) is 30.5 Å². The first kappa shape index (κ1) is 18.5. The number of fused-ring (bicyclic) bond motifs is 1. The Morgan fingerprint density at radius 1 is 1.29 bits per heavy atom. The van der Waals surface area contributed by atoms with Crippen LogP contribution in [-0.4, -0.2) is 26.4 Å². The normalized spacial score (nSPS) is 11.0. The molecule has 0 spiro atoms. The summed E-state index contributed by atoms with van der Waals surface area (Å²) in [6.07, 6.45) is 0. The van der Waals surface area contributed by atoms with Crippen LogP contribution in [0.3, 0.4) is 0 Å². The van der Waals surface area contributed by atoms with Crippen LogP contribution >= 0.6 is 23.1 Å². The molecule has 0 radical (unpaired) electrons. The Morgan fingerprint density at radius 2 is 2.14 bits per heavy atom. The van der Waals surface area contributed by atoms with Gasteiger partial charge in [-0.1, -0.05) is 35.1 Å². The number of aromatic nitrogens is 3. The van der Waals surface area contributed by atoms with E-state index in [4.69, 9.17) is 4.52 Å². The summed E-state index contributed by atoms with van der Waals surface area (Å²) in [4.78, 5) is 30.9. The number of thiophene rings is 1. The molecule has 0 atom stereocenters. The quantitative estimate of drug-likeness (QED) is 0.385. The summed E-state index contributed by atoms with van der Waals surface area (Å²) in [5.74, 6) is 0.832. The molecule has 0 fully saturated rings. The standard InChI is InChI=1S/C19H16N4O3S2/c1-12-9-16(22-26-12)21-17(24)11-28-19-20-15-7-3-2-6-14(15)18(25)23(19)10-13-5-4-8-27-13/h2-9H,10-11H2,1H3,(H,21,22,24). The SMILES string of the molecule is Cc1cc(NC(=O)CSc2nc3ccccc3c(=O)n2Cc2cccs2)no1. The van der Waals surface area contributed by atoms with Gasteiger partial charge in [0.05, 0.1) is 23.2 Å². The van der Waals surface area contributed by atoms with Crippen molar-refractivity contribution in [3.8, 4) is 0 Å². The van der Waals surface area contributed by atoms with E-state index in [1.807, 2.05) is 29.6 Å². The second kappa shape index (κ2) is 7.99. The van der Waals surface area contributed by atoms with E-state index in [0.717, 1.165) is 4.88 Å². The number of rotatable bonds is 6. The first-order chi connectivity index (χ1) is 13.6. The molecule has 142 valence electrons. The predicted molar refractivity (Wildman–Crippen MR) is 110 cm³/mol. The first-order valence-corrected chi connectivity index (χ1v) is 10.3. The number of aryl methyl sites for hydroxylation is 1. The summed E-state index contributed by atoms with van der Waals surface area (Å²) in [6.45, 7) is 2.17. The molecule has 0 unspecified atom stereocenters. The molecular formula is C19H16N4O3S2. The van der Waals surface area contributed by atoms with E-state index in [-0.39, 0.29) is 17.2 Å². The molecule has 28 heavy (non-hydrogen) atoms. The number of nitrogens with one attached hydrogen (secondary N) is 1. The molecule has 0 saturated heterocycles. The summed E-state index contributed by atoms with van der Waals surface area (Å²) in [7, 11) is 0. The lowest BCUT2D eigenvalue weighted by Crippen LogP contribution is -2.24. The molecule has 0 aliphatic carbocycles. The molecule has 1 aromatic carbocycles. The zero-order chi connectivity index (χ0) is 19.5. The van der Waals surface area contributed by atoms with Crippen LogP contribution in [0.5, 0.6) is 0 Å². The third kappa shape index (κ3) is 4.00. The monoisotopic (exact) mass is 412 g/mol. The fourth-order valence-corrected chi connectivity index (χ4v) is 4.18. The molecule has 7 nitrogen and oxygen atoms in total. The zero-order valence-corrected chi connectivity index (χ0v) is 16.5. The van der Waals surface area contributed by atoms with Crippen LogP contribution < -0.4 is 10.9 Å². The molecule has 9 heteroatoms. The number of thioether (sulfide) groups is 1.